The SMILES string of the molecule is CCc1ccc(C(=O)NC(=S)Nc2ccccc2N2CCN(C)CC2)cc1. The van der Waals surface area contributed by atoms with Crippen molar-refractivity contribution in [1.82, 2.24) is 10.2 Å². The zero-order chi connectivity index (χ0) is 19.2. The predicted molar refractivity (Wildman–Crippen MR) is 116 cm³/mol. The minimum Gasteiger partial charge on any atom is -0.367 e. The third kappa shape index (κ3) is 5.05. The Hall–Kier alpha value is -2.44. The summed E-state index contributed by atoms with van der Waals surface area (Å²) in [5.74, 6) is -0.202. The molecule has 6 heteroatoms. The van der Waals surface area contributed by atoms with Crippen LogP contribution in [0.5, 0.6) is 0 Å². The first-order valence-electron chi connectivity index (χ1n) is 9.30. The molecule has 2 aromatic rings. The van der Waals surface area contributed by atoms with Gasteiger partial charge in [0.25, 0.3) is 5.91 Å². The molecular formula is C21H26N4OS. The minimum atomic E-state index is -0.202. The lowest BCUT2D eigenvalue weighted by Crippen LogP contribution is -2.45. The Morgan fingerprint density at radius 2 is 1.70 bits per heavy atom. The summed E-state index contributed by atoms with van der Waals surface area (Å²) in [6.07, 6.45) is 0.949. The second-order valence-corrected chi connectivity index (χ2v) is 7.17. The van der Waals surface area contributed by atoms with Gasteiger partial charge in [0.05, 0.1) is 11.4 Å². The second-order valence-electron chi connectivity index (χ2n) is 6.77. The minimum absolute atomic E-state index is 0.202. The van der Waals surface area contributed by atoms with Crippen LogP contribution >= 0.6 is 12.2 Å². The van der Waals surface area contributed by atoms with Gasteiger partial charge in [-0.15, -0.1) is 0 Å². The molecule has 0 aliphatic carbocycles. The van der Waals surface area contributed by atoms with Gasteiger partial charge in [0.2, 0.25) is 0 Å². The number of benzene rings is 2. The summed E-state index contributed by atoms with van der Waals surface area (Å²) in [6, 6.07) is 15.7. The number of nitrogens with zero attached hydrogens (tertiary/aromatic N) is 2. The number of carbonyl (C=O) groups is 1. The molecule has 0 bridgehead atoms. The average Bonchev–Trinajstić information content (AvgIpc) is 2.69. The molecule has 3 rings (SSSR count). The van der Waals surface area contributed by atoms with E-state index in [9.17, 15) is 4.79 Å². The Balaban J connectivity index is 1.64. The van der Waals surface area contributed by atoms with Gasteiger partial charge in [-0.25, -0.2) is 0 Å². The van der Waals surface area contributed by atoms with Gasteiger partial charge in [0, 0.05) is 31.7 Å². The van der Waals surface area contributed by atoms with Gasteiger partial charge in [-0.3, -0.25) is 10.1 Å². The number of hydrogen-bond acceptors (Lipinski definition) is 4. The van der Waals surface area contributed by atoms with Crippen LogP contribution in [0.15, 0.2) is 48.5 Å². The quantitative estimate of drug-likeness (QED) is 0.796. The predicted octanol–water partition coefficient (Wildman–Crippen LogP) is 3.13. The molecule has 1 aliphatic heterocycles. The van der Waals surface area contributed by atoms with E-state index in [0.29, 0.717) is 10.7 Å². The smallest absolute Gasteiger partial charge is 0.257 e. The van der Waals surface area contributed by atoms with E-state index in [1.807, 2.05) is 42.5 Å². The first-order chi connectivity index (χ1) is 13.1. The number of thiocarbonyl (C=S) groups is 1. The standard InChI is InChI=1S/C21H26N4OS/c1-3-16-8-10-17(11-9-16)20(26)23-21(27)22-18-6-4-5-7-19(18)25-14-12-24(2)13-15-25/h4-11H,3,12-15H2,1-2H3,(H2,22,23,26,27). The van der Waals surface area contributed by atoms with Crippen molar-refractivity contribution in [2.45, 2.75) is 13.3 Å². The van der Waals surface area contributed by atoms with Crippen LogP contribution in [0.4, 0.5) is 11.4 Å². The lowest BCUT2D eigenvalue weighted by molar-refractivity contribution is 0.0977. The van der Waals surface area contributed by atoms with Crippen LogP contribution in [0, 0.1) is 0 Å². The molecule has 0 unspecified atom stereocenters. The number of anilines is 2. The van der Waals surface area contributed by atoms with Crippen LogP contribution < -0.4 is 15.5 Å². The summed E-state index contributed by atoms with van der Waals surface area (Å²) < 4.78 is 0. The van der Waals surface area contributed by atoms with Gasteiger partial charge in [0.1, 0.15) is 0 Å². The number of likely N-dealkylation sites (N-methyl/N-ethyl adjacent to an activating group) is 1. The highest BCUT2D eigenvalue weighted by Crippen LogP contribution is 2.26. The van der Waals surface area contributed by atoms with Gasteiger partial charge in [-0.05, 0) is 55.5 Å². The van der Waals surface area contributed by atoms with Crippen molar-refractivity contribution in [2.75, 3.05) is 43.4 Å². The zero-order valence-corrected chi connectivity index (χ0v) is 16.7. The summed E-state index contributed by atoms with van der Waals surface area (Å²) in [5.41, 5.74) is 3.82. The molecule has 0 spiro atoms. The lowest BCUT2D eigenvalue weighted by atomic mass is 10.1. The number of amides is 1. The van der Waals surface area contributed by atoms with E-state index in [0.717, 1.165) is 44.0 Å². The van der Waals surface area contributed by atoms with Crippen molar-refractivity contribution in [3.05, 3.63) is 59.7 Å². The van der Waals surface area contributed by atoms with Crippen LogP contribution in [0.1, 0.15) is 22.8 Å². The van der Waals surface area contributed by atoms with E-state index >= 15 is 0 Å². The number of aryl methyl sites for hydroxylation is 1. The van der Waals surface area contributed by atoms with Crippen LogP contribution in [-0.2, 0) is 6.42 Å². The van der Waals surface area contributed by atoms with Gasteiger partial charge < -0.3 is 15.1 Å². The highest BCUT2D eigenvalue weighted by Gasteiger charge is 2.17. The van der Waals surface area contributed by atoms with E-state index in [-0.39, 0.29) is 5.91 Å². The van der Waals surface area contributed by atoms with Gasteiger partial charge in [0.15, 0.2) is 5.11 Å². The maximum Gasteiger partial charge on any atom is 0.257 e. The maximum atomic E-state index is 12.4. The number of piperazine rings is 1. The Morgan fingerprint density at radius 3 is 2.37 bits per heavy atom. The molecule has 0 atom stereocenters. The molecule has 1 amide bonds. The van der Waals surface area contributed by atoms with Gasteiger partial charge in [-0.2, -0.15) is 0 Å². The van der Waals surface area contributed by atoms with Gasteiger partial charge >= 0.3 is 0 Å². The fourth-order valence-corrected chi connectivity index (χ4v) is 3.33. The van der Waals surface area contributed by atoms with Crippen molar-refractivity contribution in [1.29, 1.82) is 0 Å². The molecule has 1 aliphatic rings. The summed E-state index contributed by atoms with van der Waals surface area (Å²) in [7, 11) is 2.14. The number of para-hydroxylation sites is 2. The van der Waals surface area contributed by atoms with Crippen LogP contribution in [0.3, 0.4) is 0 Å². The summed E-state index contributed by atoms with van der Waals surface area (Å²) in [6.45, 7) is 6.09. The topological polar surface area (TPSA) is 47.6 Å². The largest absolute Gasteiger partial charge is 0.367 e. The second kappa shape index (κ2) is 8.97. The monoisotopic (exact) mass is 382 g/mol. The third-order valence-electron chi connectivity index (χ3n) is 4.85. The molecule has 27 heavy (non-hydrogen) atoms. The Morgan fingerprint density at radius 1 is 1.04 bits per heavy atom. The van der Waals surface area contributed by atoms with Crippen LogP contribution in [-0.4, -0.2) is 49.1 Å². The van der Waals surface area contributed by atoms with E-state index in [1.54, 1.807) is 0 Å². The number of rotatable bonds is 4. The summed E-state index contributed by atoms with van der Waals surface area (Å²) in [4.78, 5) is 17.1. The Bertz CT molecular complexity index is 798. The van der Waals surface area contributed by atoms with Crippen molar-refractivity contribution in [3.8, 4) is 0 Å². The zero-order valence-electron chi connectivity index (χ0n) is 15.9. The Labute approximate surface area is 166 Å². The number of nitrogens with one attached hydrogen (secondary N) is 2. The molecular weight excluding hydrogens is 356 g/mol. The summed E-state index contributed by atoms with van der Waals surface area (Å²) in [5, 5.41) is 6.27. The number of hydrogen-bond donors (Lipinski definition) is 2. The first-order valence-corrected chi connectivity index (χ1v) is 9.71. The van der Waals surface area contributed by atoms with Crippen molar-refractivity contribution < 1.29 is 4.79 Å². The molecule has 0 saturated carbocycles. The lowest BCUT2D eigenvalue weighted by Gasteiger charge is -2.35. The third-order valence-corrected chi connectivity index (χ3v) is 5.05. The van der Waals surface area contributed by atoms with E-state index in [2.05, 4.69) is 40.5 Å². The van der Waals surface area contributed by atoms with Crippen LogP contribution in [0.2, 0.25) is 0 Å². The Kier molecular flexibility index (Phi) is 6.42. The number of carbonyl (C=O) groups excluding carboxylic acids is 1. The van der Waals surface area contributed by atoms with Crippen molar-refractivity contribution in [2.24, 2.45) is 0 Å². The van der Waals surface area contributed by atoms with E-state index in [1.165, 1.54) is 5.56 Å². The normalized spacial score (nSPS) is 14.7. The van der Waals surface area contributed by atoms with Crippen molar-refractivity contribution in [3.63, 3.8) is 0 Å². The molecule has 1 fully saturated rings. The van der Waals surface area contributed by atoms with E-state index in [4.69, 9.17) is 12.2 Å². The summed E-state index contributed by atoms with van der Waals surface area (Å²) >= 11 is 5.37. The molecule has 2 aromatic carbocycles. The van der Waals surface area contributed by atoms with Gasteiger partial charge in [-0.1, -0.05) is 31.2 Å². The van der Waals surface area contributed by atoms with E-state index < -0.39 is 0 Å². The molecule has 2 N–H and O–H groups in total. The first kappa shape index (κ1) is 19.3. The average molecular weight is 383 g/mol. The molecule has 142 valence electrons. The molecule has 5 nitrogen and oxygen atoms in total. The maximum absolute atomic E-state index is 12.4. The van der Waals surface area contributed by atoms with Crippen molar-refractivity contribution >= 4 is 34.6 Å². The molecule has 1 heterocycles. The fraction of sp³-hybridized carbons (Fsp3) is 0.333. The molecule has 0 radical (unpaired) electrons. The fourth-order valence-electron chi connectivity index (χ4n) is 3.12. The molecule has 0 aromatic heterocycles. The van der Waals surface area contributed by atoms with Crippen LogP contribution in [0.25, 0.3) is 0 Å². The highest BCUT2D eigenvalue weighted by molar-refractivity contribution is 7.80. The molecule has 1 saturated heterocycles. The highest BCUT2D eigenvalue weighted by atomic mass is 32.1.